The molecule has 2 amide bonds. The number of carbonyl (C=O) groups excluding carboxylic acids is 1. The maximum atomic E-state index is 15.4. The molecule has 13 heteroatoms. The number of hydrogen-bond acceptors (Lipinski definition) is 7. The lowest BCUT2D eigenvalue weighted by molar-refractivity contribution is -0.0974. The van der Waals surface area contributed by atoms with Gasteiger partial charge in [-0.25, -0.2) is 18.6 Å². The van der Waals surface area contributed by atoms with Crippen molar-refractivity contribution < 1.29 is 32.5 Å². The summed E-state index contributed by atoms with van der Waals surface area (Å²) in [4.78, 5) is 16.9. The predicted molar refractivity (Wildman–Crippen MR) is 173 cm³/mol. The zero-order chi connectivity index (χ0) is 33.1. The van der Waals surface area contributed by atoms with E-state index in [1.165, 1.54) is 19.4 Å². The number of urea groups is 1. The number of amides is 2. The number of fused-ring (bicyclic) bond motifs is 1. The third kappa shape index (κ3) is 7.30. The van der Waals surface area contributed by atoms with E-state index >= 15 is 8.78 Å². The van der Waals surface area contributed by atoms with E-state index in [-0.39, 0.29) is 29.1 Å². The van der Waals surface area contributed by atoms with Crippen LogP contribution in [0.5, 0.6) is 17.2 Å². The summed E-state index contributed by atoms with van der Waals surface area (Å²) in [5.41, 5.74) is 1.55. The maximum absolute atomic E-state index is 15.4. The first-order chi connectivity index (χ1) is 21.9. The van der Waals surface area contributed by atoms with Crippen LogP contribution in [0.4, 0.5) is 19.3 Å². The summed E-state index contributed by atoms with van der Waals surface area (Å²) in [5.74, 6) is -2.21. The molecule has 10 nitrogen and oxygen atoms in total. The molecule has 0 spiro atoms. The smallest absolute Gasteiger partial charge is 0.319 e. The van der Waals surface area contributed by atoms with Crippen LogP contribution in [-0.4, -0.2) is 57.1 Å². The van der Waals surface area contributed by atoms with Crippen molar-refractivity contribution >= 4 is 30.8 Å². The first kappa shape index (κ1) is 32.9. The average Bonchev–Trinajstić information content (AvgIpc) is 3.37. The molecule has 5 rings (SSSR count). The van der Waals surface area contributed by atoms with Gasteiger partial charge in [0.2, 0.25) is 0 Å². The van der Waals surface area contributed by atoms with Gasteiger partial charge in [-0.2, -0.15) is 5.26 Å². The van der Waals surface area contributed by atoms with Crippen molar-refractivity contribution in [1.29, 1.82) is 5.26 Å². The van der Waals surface area contributed by atoms with Gasteiger partial charge in [-0.15, -0.1) is 0 Å². The molecule has 2 aromatic heterocycles. The maximum Gasteiger partial charge on any atom is 0.319 e. The molecule has 242 valence electrons. The normalized spacial score (nSPS) is 14.0. The number of pyridine rings is 1. The Hall–Kier alpha value is -4.51. The second-order valence-electron chi connectivity index (χ2n) is 12.8. The summed E-state index contributed by atoms with van der Waals surface area (Å²) in [7, 11) is 0.146. The van der Waals surface area contributed by atoms with Gasteiger partial charge in [0.1, 0.15) is 35.5 Å². The SMILES string of the molecule is COc1cccc(-c2cn(COCC[Si](C)(C)C)c3nccc(Oc4c(F)cc(NC(=O)NCC5(C)COC5)cc4F)c23)c1C#N. The lowest BCUT2D eigenvalue weighted by atomic mass is 9.89. The molecule has 2 aromatic carbocycles. The molecule has 1 aliphatic heterocycles. The Bertz CT molecular complexity index is 1770. The van der Waals surface area contributed by atoms with Crippen LogP contribution in [0, 0.1) is 28.4 Å². The molecular formula is C33H37F2N5O5Si. The van der Waals surface area contributed by atoms with Crippen LogP contribution in [-0.2, 0) is 16.2 Å². The second-order valence-corrected chi connectivity index (χ2v) is 18.5. The van der Waals surface area contributed by atoms with Gasteiger partial charge in [-0.1, -0.05) is 38.7 Å². The molecule has 3 heterocycles. The molecule has 0 bridgehead atoms. The van der Waals surface area contributed by atoms with Gasteiger partial charge in [0, 0.05) is 68.0 Å². The van der Waals surface area contributed by atoms with E-state index < -0.39 is 31.5 Å². The fourth-order valence-electron chi connectivity index (χ4n) is 5.02. The average molecular weight is 650 g/mol. The lowest BCUT2D eigenvalue weighted by Gasteiger charge is -2.37. The van der Waals surface area contributed by atoms with Crippen LogP contribution in [0.2, 0.25) is 25.7 Å². The summed E-state index contributed by atoms with van der Waals surface area (Å²) in [5, 5.41) is 15.6. The number of halogens is 2. The molecule has 0 atom stereocenters. The molecule has 46 heavy (non-hydrogen) atoms. The molecule has 0 aliphatic carbocycles. The third-order valence-corrected chi connectivity index (χ3v) is 9.34. The Morgan fingerprint density at radius 3 is 2.52 bits per heavy atom. The quantitative estimate of drug-likeness (QED) is 0.124. The number of benzene rings is 2. The summed E-state index contributed by atoms with van der Waals surface area (Å²) in [6, 6.07) is 11.2. The van der Waals surface area contributed by atoms with Gasteiger partial charge in [-0.3, -0.25) is 0 Å². The number of aromatic nitrogens is 2. The van der Waals surface area contributed by atoms with Gasteiger partial charge in [0.15, 0.2) is 17.4 Å². The van der Waals surface area contributed by atoms with Crippen LogP contribution in [0.3, 0.4) is 0 Å². The number of carbonyl (C=O) groups is 1. The van der Waals surface area contributed by atoms with Gasteiger partial charge < -0.3 is 34.1 Å². The van der Waals surface area contributed by atoms with Crippen LogP contribution >= 0.6 is 0 Å². The molecule has 0 unspecified atom stereocenters. The summed E-state index contributed by atoms with van der Waals surface area (Å²) in [6.45, 7) is 10.9. The largest absolute Gasteiger partial charge is 0.495 e. The third-order valence-electron chi connectivity index (χ3n) is 7.64. The Morgan fingerprint density at radius 2 is 1.89 bits per heavy atom. The van der Waals surface area contributed by atoms with Gasteiger partial charge in [-0.05, 0) is 18.2 Å². The number of nitrogens with zero attached hydrogens (tertiary/aromatic N) is 3. The van der Waals surface area contributed by atoms with Crippen molar-refractivity contribution in [2.24, 2.45) is 5.41 Å². The molecule has 2 N–H and O–H groups in total. The highest BCUT2D eigenvalue weighted by atomic mass is 28.3. The van der Waals surface area contributed by atoms with Crippen LogP contribution in [0.1, 0.15) is 12.5 Å². The Balaban J connectivity index is 1.48. The van der Waals surface area contributed by atoms with Crippen molar-refractivity contribution in [2.45, 2.75) is 39.3 Å². The molecule has 0 saturated carbocycles. The van der Waals surface area contributed by atoms with Crippen molar-refractivity contribution in [1.82, 2.24) is 14.9 Å². The molecular weight excluding hydrogens is 612 g/mol. The first-order valence-electron chi connectivity index (χ1n) is 14.8. The number of anilines is 1. The number of nitrogens with one attached hydrogen (secondary N) is 2. The Morgan fingerprint density at radius 1 is 1.15 bits per heavy atom. The van der Waals surface area contributed by atoms with Gasteiger partial charge in [0.25, 0.3) is 0 Å². The molecule has 1 fully saturated rings. The van der Waals surface area contributed by atoms with Crippen molar-refractivity contribution in [3.05, 3.63) is 66.0 Å². The van der Waals surface area contributed by atoms with Gasteiger partial charge in [0.05, 0.1) is 25.7 Å². The summed E-state index contributed by atoms with van der Waals surface area (Å²) >= 11 is 0. The molecule has 4 aromatic rings. The van der Waals surface area contributed by atoms with Crippen LogP contribution in [0.25, 0.3) is 22.2 Å². The first-order valence-corrected chi connectivity index (χ1v) is 18.5. The lowest BCUT2D eigenvalue weighted by Crippen LogP contribution is -2.49. The zero-order valence-electron chi connectivity index (χ0n) is 26.5. The molecule has 0 radical (unpaired) electrons. The van der Waals surface area contributed by atoms with Crippen molar-refractivity contribution in [3.8, 4) is 34.4 Å². The fourth-order valence-corrected chi connectivity index (χ4v) is 5.77. The van der Waals surface area contributed by atoms with Crippen molar-refractivity contribution in [3.63, 3.8) is 0 Å². The number of hydrogen-bond donors (Lipinski definition) is 2. The summed E-state index contributed by atoms with van der Waals surface area (Å²) in [6.07, 6.45) is 3.25. The molecule has 1 saturated heterocycles. The number of rotatable bonds is 12. The standard InChI is InChI=1S/C33H37F2N5O5Si/c1-33(18-44-19-33)17-38-32(41)39-21-13-25(34)30(26(35)14-21)45-28-9-10-37-31-29(28)24(16-40(31)20-43-11-12-46(3,4)5)22-7-6-8-27(42-2)23(22)15-36/h6-10,13-14,16H,11-12,17-20H2,1-5H3,(H2,38,39,41). The minimum atomic E-state index is -1.33. The number of ether oxygens (including phenoxy) is 4. The highest BCUT2D eigenvalue weighted by Crippen LogP contribution is 2.42. The minimum Gasteiger partial charge on any atom is -0.495 e. The van der Waals surface area contributed by atoms with E-state index in [2.05, 4.69) is 41.3 Å². The highest BCUT2D eigenvalue weighted by molar-refractivity contribution is 6.76. The van der Waals surface area contributed by atoms with E-state index in [1.54, 1.807) is 29.0 Å². The second kappa shape index (κ2) is 13.5. The van der Waals surface area contributed by atoms with Crippen LogP contribution < -0.4 is 20.1 Å². The van der Waals surface area contributed by atoms with Gasteiger partial charge >= 0.3 is 6.03 Å². The Kier molecular flexibility index (Phi) is 9.62. The van der Waals surface area contributed by atoms with E-state index in [9.17, 15) is 10.1 Å². The topological polar surface area (TPSA) is 120 Å². The van der Waals surface area contributed by atoms with Crippen LogP contribution in [0.15, 0.2) is 48.8 Å². The van der Waals surface area contributed by atoms with Crippen molar-refractivity contribution in [2.75, 3.05) is 38.8 Å². The highest BCUT2D eigenvalue weighted by Gasteiger charge is 2.33. The number of methoxy groups -OCH3 is 1. The van der Waals surface area contributed by atoms with E-state index in [4.69, 9.17) is 18.9 Å². The monoisotopic (exact) mass is 649 g/mol. The molecule has 1 aliphatic rings. The summed E-state index contributed by atoms with van der Waals surface area (Å²) < 4.78 is 55.1. The van der Waals surface area contributed by atoms with E-state index in [0.717, 1.165) is 18.2 Å². The predicted octanol–water partition coefficient (Wildman–Crippen LogP) is 7.12. The number of nitriles is 1. The fraction of sp³-hybridized carbons (Fsp3) is 0.364. The zero-order valence-corrected chi connectivity index (χ0v) is 27.5. The minimum absolute atomic E-state index is 0.0768. The van der Waals surface area contributed by atoms with E-state index in [1.807, 2.05) is 6.92 Å². The van der Waals surface area contributed by atoms with E-state index in [0.29, 0.717) is 54.3 Å². The Labute approximate surface area is 267 Å².